The highest BCUT2D eigenvalue weighted by atomic mass is 32.2. The predicted molar refractivity (Wildman–Crippen MR) is 86.0 cm³/mol. The number of carbonyl (C=O) groups is 1. The summed E-state index contributed by atoms with van der Waals surface area (Å²) in [5.41, 5.74) is 0.554. The fourth-order valence-corrected chi connectivity index (χ4v) is 4.13. The van der Waals surface area contributed by atoms with E-state index in [1.54, 1.807) is 25.4 Å². The van der Waals surface area contributed by atoms with Crippen LogP contribution in [-0.4, -0.2) is 39.2 Å². The van der Waals surface area contributed by atoms with Crippen LogP contribution in [-0.2, 0) is 10.8 Å². The number of hydrogen-bond acceptors (Lipinski definition) is 4. The van der Waals surface area contributed by atoms with Crippen molar-refractivity contribution in [1.82, 2.24) is 10.3 Å². The summed E-state index contributed by atoms with van der Waals surface area (Å²) in [5, 5.41) is 6.25. The van der Waals surface area contributed by atoms with Gasteiger partial charge in [-0.3, -0.25) is 9.00 Å². The number of pyridine rings is 1. The molecule has 1 amide bonds. The molecule has 1 heterocycles. The Morgan fingerprint density at radius 2 is 2.29 bits per heavy atom. The number of nitrogens with one attached hydrogen (secondary N) is 2. The Morgan fingerprint density at radius 1 is 1.48 bits per heavy atom. The van der Waals surface area contributed by atoms with Gasteiger partial charge in [0, 0.05) is 41.1 Å². The van der Waals surface area contributed by atoms with E-state index < -0.39 is 10.8 Å². The first-order chi connectivity index (χ1) is 10.2. The third-order valence-electron chi connectivity index (χ3n) is 3.90. The normalized spacial score (nSPS) is 23.3. The number of aromatic nitrogens is 1. The molecule has 1 aliphatic rings. The van der Waals surface area contributed by atoms with Crippen LogP contribution in [0.1, 0.15) is 43.0 Å². The van der Waals surface area contributed by atoms with Crippen molar-refractivity contribution in [2.24, 2.45) is 0 Å². The Balaban J connectivity index is 2.08. The molecule has 116 valence electrons. The van der Waals surface area contributed by atoms with Crippen molar-refractivity contribution in [3.63, 3.8) is 0 Å². The first-order valence-electron chi connectivity index (χ1n) is 7.46. The monoisotopic (exact) mass is 309 g/mol. The van der Waals surface area contributed by atoms with Gasteiger partial charge in [-0.05, 0) is 31.4 Å². The minimum absolute atomic E-state index is 0.143. The van der Waals surface area contributed by atoms with E-state index >= 15 is 0 Å². The number of rotatable bonds is 5. The molecule has 6 heteroatoms. The predicted octanol–water partition coefficient (Wildman–Crippen LogP) is 1.93. The fourth-order valence-electron chi connectivity index (χ4n) is 2.78. The Kier molecular flexibility index (Phi) is 5.73. The zero-order valence-electron chi connectivity index (χ0n) is 12.6. The van der Waals surface area contributed by atoms with E-state index in [1.165, 1.54) is 0 Å². The highest BCUT2D eigenvalue weighted by Crippen LogP contribution is 2.26. The second-order valence-corrected chi connectivity index (χ2v) is 7.28. The van der Waals surface area contributed by atoms with E-state index in [1.807, 2.05) is 6.92 Å². The van der Waals surface area contributed by atoms with Gasteiger partial charge in [0.2, 0.25) is 0 Å². The standard InChI is InChI=1S/C15H23N3O2S/c1-3-21(20)12-7-4-6-11(10-12)18-14-13(15(19)16-2)8-5-9-17-14/h5,8-9,11-12H,3-4,6-7,10H2,1-2H3,(H,16,19)(H,17,18). The van der Waals surface area contributed by atoms with Gasteiger partial charge in [-0.15, -0.1) is 0 Å². The fraction of sp³-hybridized carbons (Fsp3) is 0.600. The summed E-state index contributed by atoms with van der Waals surface area (Å²) in [6.45, 7) is 1.97. The van der Waals surface area contributed by atoms with E-state index in [2.05, 4.69) is 15.6 Å². The lowest BCUT2D eigenvalue weighted by atomic mass is 9.95. The average Bonchev–Trinajstić information content (AvgIpc) is 2.54. The molecule has 1 fully saturated rings. The van der Waals surface area contributed by atoms with Crippen LogP contribution in [0.3, 0.4) is 0 Å². The average molecular weight is 309 g/mol. The van der Waals surface area contributed by atoms with Crippen LogP contribution in [0, 0.1) is 0 Å². The molecule has 3 atom stereocenters. The van der Waals surface area contributed by atoms with Crippen LogP contribution >= 0.6 is 0 Å². The van der Waals surface area contributed by atoms with Crippen LogP contribution in [0.25, 0.3) is 0 Å². The second-order valence-electron chi connectivity index (χ2n) is 5.28. The largest absolute Gasteiger partial charge is 0.367 e. The van der Waals surface area contributed by atoms with Crippen LogP contribution in [0.4, 0.5) is 5.82 Å². The maximum absolute atomic E-state index is 12.0. The maximum Gasteiger partial charge on any atom is 0.254 e. The highest BCUT2D eigenvalue weighted by molar-refractivity contribution is 7.85. The molecule has 5 nitrogen and oxygen atoms in total. The Hall–Kier alpha value is -1.43. The smallest absolute Gasteiger partial charge is 0.254 e. The molecule has 2 rings (SSSR count). The molecule has 2 N–H and O–H groups in total. The first kappa shape index (κ1) is 15.9. The third kappa shape index (κ3) is 4.03. The van der Waals surface area contributed by atoms with E-state index in [9.17, 15) is 9.00 Å². The first-order valence-corrected chi connectivity index (χ1v) is 8.84. The van der Waals surface area contributed by atoms with Crippen molar-refractivity contribution in [3.8, 4) is 0 Å². The summed E-state index contributed by atoms with van der Waals surface area (Å²) in [7, 11) is 0.864. The lowest BCUT2D eigenvalue weighted by Crippen LogP contribution is -2.34. The minimum Gasteiger partial charge on any atom is -0.367 e. The van der Waals surface area contributed by atoms with Gasteiger partial charge in [-0.1, -0.05) is 13.3 Å². The molecule has 1 aromatic heterocycles. The number of amides is 1. The zero-order chi connectivity index (χ0) is 15.2. The SMILES string of the molecule is CCS(=O)C1CCCC(Nc2ncccc2C(=O)NC)C1. The Labute approximate surface area is 128 Å². The summed E-state index contributed by atoms with van der Waals surface area (Å²) in [4.78, 5) is 16.1. The summed E-state index contributed by atoms with van der Waals surface area (Å²) in [6.07, 6.45) is 5.68. The summed E-state index contributed by atoms with van der Waals surface area (Å²) in [5.74, 6) is 1.18. The molecular weight excluding hydrogens is 286 g/mol. The summed E-state index contributed by atoms with van der Waals surface area (Å²) >= 11 is 0. The maximum atomic E-state index is 12.0. The molecule has 0 bridgehead atoms. The van der Waals surface area contributed by atoms with Gasteiger partial charge in [-0.25, -0.2) is 4.98 Å². The van der Waals surface area contributed by atoms with Gasteiger partial charge in [0.15, 0.2) is 0 Å². The summed E-state index contributed by atoms with van der Waals surface area (Å²) in [6, 6.07) is 3.75. The molecule has 0 radical (unpaired) electrons. The van der Waals surface area contributed by atoms with E-state index in [4.69, 9.17) is 0 Å². The third-order valence-corrected chi connectivity index (χ3v) is 5.64. The van der Waals surface area contributed by atoms with Gasteiger partial charge >= 0.3 is 0 Å². The van der Waals surface area contributed by atoms with Crippen molar-refractivity contribution >= 4 is 22.5 Å². The van der Waals surface area contributed by atoms with E-state index in [0.29, 0.717) is 17.1 Å². The number of carbonyl (C=O) groups excluding carboxylic acids is 1. The van der Waals surface area contributed by atoms with Gasteiger partial charge in [0.25, 0.3) is 5.91 Å². The van der Waals surface area contributed by atoms with Crippen LogP contribution in [0.15, 0.2) is 18.3 Å². The van der Waals surface area contributed by atoms with Crippen molar-refractivity contribution in [1.29, 1.82) is 0 Å². The van der Waals surface area contributed by atoms with E-state index in [-0.39, 0.29) is 17.2 Å². The zero-order valence-corrected chi connectivity index (χ0v) is 13.4. The molecular formula is C15H23N3O2S. The quantitative estimate of drug-likeness (QED) is 0.872. The van der Waals surface area contributed by atoms with Gasteiger partial charge in [0.1, 0.15) is 5.82 Å². The molecule has 0 spiro atoms. The topological polar surface area (TPSA) is 71.1 Å². The van der Waals surface area contributed by atoms with Crippen LogP contribution in [0.2, 0.25) is 0 Å². The lowest BCUT2D eigenvalue weighted by Gasteiger charge is -2.29. The number of anilines is 1. The molecule has 0 aliphatic heterocycles. The Bertz CT molecular complexity index is 521. The molecule has 1 saturated carbocycles. The molecule has 1 aromatic rings. The van der Waals surface area contributed by atoms with Crippen molar-refractivity contribution in [2.75, 3.05) is 18.1 Å². The highest BCUT2D eigenvalue weighted by Gasteiger charge is 2.26. The lowest BCUT2D eigenvalue weighted by molar-refractivity contribution is 0.0963. The van der Waals surface area contributed by atoms with E-state index in [0.717, 1.165) is 25.7 Å². The van der Waals surface area contributed by atoms with Crippen molar-refractivity contribution < 1.29 is 9.00 Å². The molecule has 3 unspecified atom stereocenters. The number of nitrogens with zero attached hydrogens (tertiary/aromatic N) is 1. The second kappa shape index (κ2) is 7.54. The molecule has 1 aliphatic carbocycles. The van der Waals surface area contributed by atoms with Gasteiger partial charge in [-0.2, -0.15) is 0 Å². The van der Waals surface area contributed by atoms with Crippen molar-refractivity contribution in [2.45, 2.75) is 43.9 Å². The van der Waals surface area contributed by atoms with Gasteiger partial charge in [0.05, 0.1) is 5.56 Å². The molecule has 21 heavy (non-hydrogen) atoms. The molecule has 0 saturated heterocycles. The number of hydrogen-bond donors (Lipinski definition) is 2. The van der Waals surface area contributed by atoms with Crippen molar-refractivity contribution in [3.05, 3.63) is 23.9 Å². The van der Waals surface area contributed by atoms with Gasteiger partial charge < -0.3 is 10.6 Å². The summed E-state index contributed by atoms with van der Waals surface area (Å²) < 4.78 is 12.0. The molecule has 0 aromatic carbocycles. The minimum atomic E-state index is -0.748. The van der Waals surface area contributed by atoms with Crippen LogP contribution in [0.5, 0.6) is 0 Å². The van der Waals surface area contributed by atoms with Crippen LogP contribution < -0.4 is 10.6 Å². The Morgan fingerprint density at radius 3 is 3.00 bits per heavy atom.